The Balaban J connectivity index is 1.63. The van der Waals surface area contributed by atoms with Crippen molar-refractivity contribution in [1.82, 2.24) is 9.47 Å². The molecule has 0 unspecified atom stereocenters. The van der Waals surface area contributed by atoms with Crippen LogP contribution >= 0.6 is 11.8 Å². The molecule has 0 aliphatic carbocycles. The maximum Gasteiger partial charge on any atom is 0.330 e. The predicted octanol–water partition coefficient (Wildman–Crippen LogP) is 4.23. The van der Waals surface area contributed by atoms with Gasteiger partial charge in [-0.25, -0.2) is 4.79 Å². The van der Waals surface area contributed by atoms with Gasteiger partial charge in [-0.2, -0.15) is 0 Å². The third kappa shape index (κ3) is 3.33. The maximum absolute atomic E-state index is 12.7. The molecule has 1 aromatic heterocycles. The Bertz CT molecular complexity index is 1060. The van der Waals surface area contributed by atoms with E-state index < -0.39 is 0 Å². The van der Waals surface area contributed by atoms with Gasteiger partial charge in [0.2, 0.25) is 5.91 Å². The first kappa shape index (κ1) is 17.4. The van der Waals surface area contributed by atoms with Crippen molar-refractivity contribution in [3.63, 3.8) is 0 Å². The molecule has 0 radical (unpaired) electrons. The van der Waals surface area contributed by atoms with Gasteiger partial charge in [-0.3, -0.25) is 19.1 Å². The molecule has 1 N–H and O–H groups in total. The fourth-order valence-corrected chi connectivity index (χ4v) is 3.88. The summed E-state index contributed by atoms with van der Waals surface area (Å²) in [5.74, 6) is 0.00738. The topological polar surface area (TPSA) is 71.4 Å². The van der Waals surface area contributed by atoms with Crippen LogP contribution in [-0.4, -0.2) is 32.4 Å². The molecule has 27 heavy (non-hydrogen) atoms. The highest BCUT2D eigenvalue weighted by Crippen LogP contribution is 2.26. The normalized spacial score (nSPS) is 14.2. The number of anilines is 1. The van der Waals surface area contributed by atoms with Crippen LogP contribution < -0.4 is 5.32 Å². The van der Waals surface area contributed by atoms with Gasteiger partial charge in [-0.1, -0.05) is 36.0 Å². The fourth-order valence-electron chi connectivity index (χ4n) is 3.16. The summed E-state index contributed by atoms with van der Waals surface area (Å²) < 4.78 is 1.53. The van der Waals surface area contributed by atoms with E-state index in [0.717, 1.165) is 39.5 Å². The van der Waals surface area contributed by atoms with Crippen LogP contribution in [0.1, 0.15) is 11.1 Å². The Labute approximate surface area is 160 Å². The number of imide groups is 1. The summed E-state index contributed by atoms with van der Waals surface area (Å²) in [6.07, 6.45) is 1.70. The summed E-state index contributed by atoms with van der Waals surface area (Å²) in [4.78, 5) is 37.7. The van der Waals surface area contributed by atoms with Gasteiger partial charge in [0.25, 0.3) is 5.24 Å². The van der Waals surface area contributed by atoms with Crippen LogP contribution in [0.2, 0.25) is 0 Å². The predicted molar refractivity (Wildman–Crippen MR) is 106 cm³/mol. The SMILES string of the molecule is Cc1cccc(NC(=O)n2ccc3c(CN4C(=O)CSC4=O)cccc32)c1. The summed E-state index contributed by atoms with van der Waals surface area (Å²) in [6.45, 7) is 2.18. The molecule has 0 saturated carbocycles. The smallest absolute Gasteiger partial charge is 0.307 e. The molecule has 0 spiro atoms. The van der Waals surface area contributed by atoms with Gasteiger partial charge in [0, 0.05) is 17.3 Å². The number of amides is 3. The highest BCUT2D eigenvalue weighted by atomic mass is 32.2. The van der Waals surface area contributed by atoms with E-state index in [0.29, 0.717) is 0 Å². The van der Waals surface area contributed by atoms with Crippen LogP contribution in [0.3, 0.4) is 0 Å². The second kappa shape index (κ2) is 6.92. The number of nitrogens with zero attached hydrogens (tertiary/aromatic N) is 2. The number of hydrogen-bond donors (Lipinski definition) is 1. The molecule has 1 aliphatic rings. The van der Waals surface area contributed by atoms with Crippen LogP contribution in [-0.2, 0) is 11.3 Å². The van der Waals surface area contributed by atoms with Crippen molar-refractivity contribution in [2.24, 2.45) is 0 Å². The van der Waals surface area contributed by atoms with Crippen molar-refractivity contribution in [3.05, 3.63) is 65.9 Å². The van der Waals surface area contributed by atoms with Crippen molar-refractivity contribution in [2.45, 2.75) is 13.5 Å². The molecule has 136 valence electrons. The molecule has 2 heterocycles. The molecule has 1 fully saturated rings. The molecule has 3 aromatic rings. The quantitative estimate of drug-likeness (QED) is 0.739. The van der Waals surface area contributed by atoms with Gasteiger partial charge >= 0.3 is 6.03 Å². The van der Waals surface area contributed by atoms with E-state index in [1.165, 1.54) is 9.47 Å². The van der Waals surface area contributed by atoms with Crippen LogP contribution in [0.25, 0.3) is 10.9 Å². The van der Waals surface area contributed by atoms with Crippen molar-refractivity contribution in [1.29, 1.82) is 0 Å². The summed E-state index contributed by atoms with van der Waals surface area (Å²) in [7, 11) is 0. The Morgan fingerprint density at radius 1 is 1.15 bits per heavy atom. The Morgan fingerprint density at radius 2 is 1.96 bits per heavy atom. The van der Waals surface area contributed by atoms with Crippen LogP contribution in [0, 0.1) is 6.92 Å². The highest BCUT2D eigenvalue weighted by Gasteiger charge is 2.30. The zero-order valence-electron chi connectivity index (χ0n) is 14.6. The van der Waals surface area contributed by atoms with E-state index in [9.17, 15) is 14.4 Å². The molecular weight excluding hydrogens is 362 g/mol. The third-order valence-electron chi connectivity index (χ3n) is 4.48. The van der Waals surface area contributed by atoms with Gasteiger partial charge < -0.3 is 5.32 Å². The molecule has 1 saturated heterocycles. The lowest BCUT2D eigenvalue weighted by atomic mass is 10.1. The zero-order valence-corrected chi connectivity index (χ0v) is 15.5. The molecule has 6 nitrogen and oxygen atoms in total. The van der Waals surface area contributed by atoms with Crippen molar-refractivity contribution in [2.75, 3.05) is 11.1 Å². The number of benzene rings is 2. The van der Waals surface area contributed by atoms with E-state index in [4.69, 9.17) is 0 Å². The van der Waals surface area contributed by atoms with Crippen molar-refractivity contribution >= 4 is 45.5 Å². The van der Waals surface area contributed by atoms with Gasteiger partial charge in [0.15, 0.2) is 0 Å². The summed E-state index contributed by atoms with van der Waals surface area (Å²) in [6, 6.07) is 14.7. The van der Waals surface area contributed by atoms with E-state index in [2.05, 4.69) is 5.32 Å². The van der Waals surface area contributed by atoms with Crippen LogP contribution in [0.4, 0.5) is 15.3 Å². The van der Waals surface area contributed by atoms with Gasteiger partial charge in [0.05, 0.1) is 17.8 Å². The van der Waals surface area contributed by atoms with E-state index in [-0.39, 0.29) is 29.5 Å². The number of aryl methyl sites for hydroxylation is 1. The fraction of sp³-hybridized carbons (Fsp3) is 0.150. The lowest BCUT2D eigenvalue weighted by Crippen LogP contribution is -2.28. The summed E-state index contributed by atoms with van der Waals surface area (Å²) in [5, 5.41) is 3.50. The third-order valence-corrected chi connectivity index (χ3v) is 5.34. The lowest BCUT2D eigenvalue weighted by molar-refractivity contribution is -0.125. The molecule has 0 bridgehead atoms. The van der Waals surface area contributed by atoms with Crippen molar-refractivity contribution in [3.8, 4) is 0 Å². The molecule has 0 atom stereocenters. The van der Waals surface area contributed by atoms with E-state index in [1.54, 1.807) is 6.20 Å². The van der Waals surface area contributed by atoms with E-state index in [1.807, 2.05) is 55.5 Å². The molecule has 3 amide bonds. The monoisotopic (exact) mass is 379 g/mol. The minimum atomic E-state index is -0.267. The van der Waals surface area contributed by atoms with E-state index >= 15 is 0 Å². The largest absolute Gasteiger partial charge is 0.330 e. The Hall–Kier alpha value is -3.06. The van der Waals surface area contributed by atoms with Crippen LogP contribution in [0.15, 0.2) is 54.7 Å². The minimum absolute atomic E-state index is 0.182. The summed E-state index contributed by atoms with van der Waals surface area (Å²) in [5.41, 5.74) is 3.34. The second-order valence-corrected chi connectivity index (χ2v) is 7.30. The zero-order chi connectivity index (χ0) is 19.0. The first-order valence-corrected chi connectivity index (χ1v) is 9.45. The standard InChI is InChI=1S/C20H17N3O3S/c1-13-4-2-6-15(10-13)21-19(25)22-9-8-16-14(5-3-7-17(16)22)11-23-18(24)12-27-20(23)26/h2-10H,11-12H2,1H3,(H,21,25). The molecular formula is C20H17N3O3S. The number of nitrogens with one attached hydrogen (secondary N) is 1. The first-order chi connectivity index (χ1) is 13.0. The number of hydrogen-bond acceptors (Lipinski definition) is 4. The van der Waals surface area contributed by atoms with Gasteiger partial charge in [-0.05, 0) is 42.3 Å². The number of carbonyl (C=O) groups is 3. The molecule has 1 aliphatic heterocycles. The number of carbonyl (C=O) groups excluding carboxylic acids is 3. The van der Waals surface area contributed by atoms with Gasteiger partial charge in [-0.15, -0.1) is 0 Å². The summed E-state index contributed by atoms with van der Waals surface area (Å²) >= 11 is 1.02. The number of thioether (sulfide) groups is 1. The minimum Gasteiger partial charge on any atom is -0.307 e. The Kier molecular flexibility index (Phi) is 4.45. The molecule has 4 rings (SSSR count). The lowest BCUT2D eigenvalue weighted by Gasteiger charge is -2.14. The van der Waals surface area contributed by atoms with Crippen LogP contribution in [0.5, 0.6) is 0 Å². The maximum atomic E-state index is 12.7. The molecule has 2 aromatic carbocycles. The average molecular weight is 379 g/mol. The van der Waals surface area contributed by atoms with Crippen molar-refractivity contribution < 1.29 is 14.4 Å². The number of rotatable bonds is 3. The number of fused-ring (bicyclic) bond motifs is 1. The Morgan fingerprint density at radius 3 is 2.70 bits per heavy atom. The number of aromatic nitrogens is 1. The van der Waals surface area contributed by atoms with Gasteiger partial charge in [0.1, 0.15) is 0 Å². The average Bonchev–Trinajstić information content (AvgIpc) is 3.21. The highest BCUT2D eigenvalue weighted by molar-refractivity contribution is 8.14. The first-order valence-electron chi connectivity index (χ1n) is 8.47. The second-order valence-electron chi connectivity index (χ2n) is 6.37. The molecule has 7 heteroatoms.